The van der Waals surface area contributed by atoms with Gasteiger partial charge in [-0.1, -0.05) is 12.1 Å². The first-order valence-electron chi connectivity index (χ1n) is 10.7. The number of likely N-dealkylation sites (tertiary alicyclic amines) is 1. The highest BCUT2D eigenvalue weighted by atomic mass is 32.2. The van der Waals surface area contributed by atoms with E-state index in [1.807, 2.05) is 0 Å². The summed E-state index contributed by atoms with van der Waals surface area (Å²) in [6.45, 7) is 2.21. The zero-order valence-corrected chi connectivity index (χ0v) is 19.2. The number of amides is 1. The Bertz CT molecular complexity index is 1220. The van der Waals surface area contributed by atoms with Gasteiger partial charge in [0.25, 0.3) is 0 Å². The van der Waals surface area contributed by atoms with Crippen molar-refractivity contribution < 1.29 is 35.2 Å². The van der Waals surface area contributed by atoms with Crippen LogP contribution >= 0.6 is 0 Å². The molecule has 0 unspecified atom stereocenters. The summed E-state index contributed by atoms with van der Waals surface area (Å²) in [6, 6.07) is 4.73. The van der Waals surface area contributed by atoms with Crippen LogP contribution < -0.4 is 4.72 Å². The fourth-order valence-electron chi connectivity index (χ4n) is 4.22. The number of alkyl halides is 2. The number of halogens is 5. The van der Waals surface area contributed by atoms with Crippen LogP contribution in [-0.4, -0.2) is 49.8 Å². The molecule has 2 aromatic rings. The Labute approximate surface area is 194 Å². The summed E-state index contributed by atoms with van der Waals surface area (Å²) < 4.78 is 98.9. The van der Waals surface area contributed by atoms with Crippen LogP contribution in [-0.2, 0) is 20.5 Å². The summed E-state index contributed by atoms with van der Waals surface area (Å²) in [5.74, 6) is -4.88. The predicted molar refractivity (Wildman–Crippen MR) is 115 cm³/mol. The number of hydrogen-bond donors (Lipinski definition) is 1. The molecule has 1 amide bonds. The fourth-order valence-corrected chi connectivity index (χ4v) is 4.96. The zero-order chi connectivity index (χ0) is 25.0. The van der Waals surface area contributed by atoms with Crippen molar-refractivity contribution in [3.8, 4) is 11.1 Å². The Morgan fingerprint density at radius 3 is 2.41 bits per heavy atom. The Hall–Kier alpha value is -2.53. The number of carbonyl (C=O) groups excluding carboxylic acids is 1. The fraction of sp³-hybridized carbons (Fsp3) is 0.435. The first-order valence-corrected chi connectivity index (χ1v) is 12.3. The first kappa shape index (κ1) is 24.6. The van der Waals surface area contributed by atoms with Gasteiger partial charge < -0.3 is 4.90 Å². The van der Waals surface area contributed by atoms with Crippen molar-refractivity contribution in [2.24, 2.45) is 5.92 Å². The second kappa shape index (κ2) is 8.60. The average molecular weight is 503 g/mol. The van der Waals surface area contributed by atoms with E-state index >= 15 is 4.39 Å². The van der Waals surface area contributed by atoms with Gasteiger partial charge in [-0.15, -0.1) is 0 Å². The molecule has 0 radical (unpaired) electrons. The molecule has 4 atom stereocenters. The number of carbonyl (C=O) groups is 1. The van der Waals surface area contributed by atoms with Gasteiger partial charge in [0.1, 0.15) is 29.3 Å². The van der Waals surface area contributed by atoms with E-state index in [1.54, 1.807) is 0 Å². The van der Waals surface area contributed by atoms with Gasteiger partial charge in [0.2, 0.25) is 15.9 Å². The van der Waals surface area contributed by atoms with Gasteiger partial charge in [0, 0.05) is 13.0 Å². The molecule has 1 aliphatic heterocycles. The van der Waals surface area contributed by atoms with Crippen molar-refractivity contribution in [3.63, 3.8) is 0 Å². The molecule has 0 aromatic heterocycles. The zero-order valence-electron chi connectivity index (χ0n) is 18.4. The number of benzene rings is 2. The van der Waals surface area contributed by atoms with E-state index in [1.165, 1.54) is 13.8 Å². The van der Waals surface area contributed by atoms with Crippen molar-refractivity contribution in [3.05, 3.63) is 59.4 Å². The Morgan fingerprint density at radius 1 is 1.18 bits per heavy atom. The van der Waals surface area contributed by atoms with Crippen molar-refractivity contribution in [2.45, 2.75) is 43.4 Å². The van der Waals surface area contributed by atoms with E-state index in [0.717, 1.165) is 41.3 Å². The van der Waals surface area contributed by atoms with Crippen LogP contribution in [0.1, 0.15) is 25.8 Å². The molecule has 0 bridgehead atoms. The SMILES string of the molecule is CC(C)S(=O)(=O)NC[C@@H]1[C@H](F)CN1C(=O)[C@@H]1C[C@@]1(F)c1ccc(F)cc1-c1c(F)cccc1F. The monoisotopic (exact) mass is 502 g/mol. The third-order valence-electron chi connectivity index (χ3n) is 6.44. The minimum atomic E-state index is -3.70. The molecule has 0 spiro atoms. The van der Waals surface area contributed by atoms with Gasteiger partial charge in [-0.3, -0.25) is 4.79 Å². The minimum absolute atomic E-state index is 0.245. The molecule has 184 valence electrons. The number of nitrogens with one attached hydrogen (secondary N) is 1. The molecule has 1 N–H and O–H groups in total. The number of sulfonamides is 1. The highest BCUT2D eigenvalue weighted by Crippen LogP contribution is 2.59. The lowest BCUT2D eigenvalue weighted by molar-refractivity contribution is -0.147. The van der Waals surface area contributed by atoms with Crippen molar-refractivity contribution >= 4 is 15.9 Å². The van der Waals surface area contributed by atoms with Crippen LogP contribution in [0.2, 0.25) is 0 Å². The lowest BCUT2D eigenvalue weighted by Gasteiger charge is -2.44. The Kier molecular flexibility index (Phi) is 6.22. The van der Waals surface area contributed by atoms with E-state index in [0.29, 0.717) is 0 Å². The quantitative estimate of drug-likeness (QED) is 0.586. The smallest absolute Gasteiger partial charge is 0.229 e. The van der Waals surface area contributed by atoms with Crippen LogP contribution in [0.4, 0.5) is 22.0 Å². The third-order valence-corrected chi connectivity index (χ3v) is 8.25. The minimum Gasteiger partial charge on any atom is -0.332 e. The predicted octanol–water partition coefficient (Wildman–Crippen LogP) is 3.83. The van der Waals surface area contributed by atoms with E-state index in [2.05, 4.69) is 4.72 Å². The maximum absolute atomic E-state index is 15.9. The van der Waals surface area contributed by atoms with Crippen LogP contribution in [0.15, 0.2) is 36.4 Å². The molecule has 11 heteroatoms. The van der Waals surface area contributed by atoms with Crippen LogP contribution in [0.3, 0.4) is 0 Å². The molecule has 1 aliphatic carbocycles. The van der Waals surface area contributed by atoms with Crippen molar-refractivity contribution in [1.29, 1.82) is 0 Å². The summed E-state index contributed by atoms with van der Waals surface area (Å²) in [7, 11) is -3.70. The van der Waals surface area contributed by atoms with Gasteiger partial charge in [0.05, 0.1) is 29.3 Å². The Morgan fingerprint density at radius 2 is 1.82 bits per heavy atom. The first-order chi connectivity index (χ1) is 15.9. The summed E-state index contributed by atoms with van der Waals surface area (Å²) in [6.07, 6.45) is -1.82. The van der Waals surface area contributed by atoms with Crippen LogP contribution in [0, 0.1) is 23.4 Å². The second-order valence-corrected chi connectivity index (χ2v) is 11.2. The average Bonchev–Trinajstić information content (AvgIpc) is 3.43. The maximum atomic E-state index is 15.9. The Balaban J connectivity index is 1.58. The largest absolute Gasteiger partial charge is 0.332 e. The lowest BCUT2D eigenvalue weighted by Crippen LogP contribution is -2.64. The van der Waals surface area contributed by atoms with Gasteiger partial charge in [-0.2, -0.15) is 0 Å². The second-order valence-electron chi connectivity index (χ2n) is 8.92. The van der Waals surface area contributed by atoms with Crippen molar-refractivity contribution in [1.82, 2.24) is 9.62 Å². The van der Waals surface area contributed by atoms with E-state index in [4.69, 9.17) is 0 Å². The molecule has 4 rings (SSSR count). The van der Waals surface area contributed by atoms with Crippen LogP contribution in [0.5, 0.6) is 0 Å². The number of nitrogens with zero attached hydrogens (tertiary/aromatic N) is 1. The molecule has 5 nitrogen and oxygen atoms in total. The van der Waals surface area contributed by atoms with E-state index in [9.17, 15) is 30.8 Å². The summed E-state index contributed by atoms with van der Waals surface area (Å²) in [5, 5.41) is -0.757. The van der Waals surface area contributed by atoms with E-state index in [-0.39, 0.29) is 30.6 Å². The topological polar surface area (TPSA) is 66.5 Å². The molecule has 2 fully saturated rings. The van der Waals surface area contributed by atoms with Gasteiger partial charge >= 0.3 is 0 Å². The molecule has 1 saturated heterocycles. The highest BCUT2D eigenvalue weighted by Gasteiger charge is 2.64. The molecule has 1 saturated carbocycles. The molecule has 1 heterocycles. The third kappa shape index (κ3) is 4.19. The normalized spacial score (nSPS) is 26.5. The number of rotatable bonds is 7. The van der Waals surface area contributed by atoms with Gasteiger partial charge in [0.15, 0.2) is 0 Å². The molecule has 2 aliphatic rings. The summed E-state index contributed by atoms with van der Waals surface area (Å²) in [4.78, 5) is 14.0. The maximum Gasteiger partial charge on any atom is 0.229 e. The standard InChI is InChI=1S/C23H23F5N2O3S/c1-12(2)34(32,33)29-10-20-19(27)11-30(20)22(31)16-9-23(16,28)15-7-6-13(24)8-14(15)21-17(25)4-3-5-18(21)26/h3-8,12,16,19-20,29H,9-11H2,1-2H3/t16-,19+,20+,23+/m0/s1. The van der Waals surface area contributed by atoms with Gasteiger partial charge in [-0.25, -0.2) is 35.1 Å². The lowest BCUT2D eigenvalue weighted by atomic mass is 9.92. The molecular formula is C23H23F5N2O3S. The van der Waals surface area contributed by atoms with E-state index < -0.39 is 68.0 Å². The highest BCUT2D eigenvalue weighted by molar-refractivity contribution is 7.90. The van der Waals surface area contributed by atoms with Crippen LogP contribution in [0.25, 0.3) is 11.1 Å². The molecule has 2 aromatic carbocycles. The molecular weight excluding hydrogens is 479 g/mol. The summed E-state index contributed by atoms with van der Waals surface area (Å²) in [5.41, 5.74) is -3.54. The summed E-state index contributed by atoms with van der Waals surface area (Å²) >= 11 is 0. The number of hydrogen-bond acceptors (Lipinski definition) is 3. The van der Waals surface area contributed by atoms with Crippen molar-refractivity contribution in [2.75, 3.05) is 13.1 Å². The molecule has 34 heavy (non-hydrogen) atoms. The van der Waals surface area contributed by atoms with Gasteiger partial charge in [-0.05, 0) is 49.2 Å².